The van der Waals surface area contributed by atoms with Crippen molar-refractivity contribution < 1.29 is 14.3 Å². The molecule has 0 radical (unpaired) electrons. The summed E-state index contributed by atoms with van der Waals surface area (Å²) < 4.78 is 11.3. The first-order valence-corrected chi connectivity index (χ1v) is 13.2. The number of benzene rings is 2. The van der Waals surface area contributed by atoms with E-state index in [1.165, 1.54) is 0 Å². The summed E-state index contributed by atoms with van der Waals surface area (Å²) in [5.74, 6) is 3.94. The molecule has 0 unspecified atom stereocenters. The summed E-state index contributed by atoms with van der Waals surface area (Å²) in [6.45, 7) is 13.5. The van der Waals surface area contributed by atoms with Gasteiger partial charge in [0.15, 0.2) is 0 Å². The van der Waals surface area contributed by atoms with Crippen LogP contribution in [0.1, 0.15) is 52.7 Å². The highest BCUT2D eigenvalue weighted by atomic mass is 28.3. The summed E-state index contributed by atoms with van der Waals surface area (Å²) in [4.78, 5) is 12.8. The fourth-order valence-electron chi connectivity index (χ4n) is 5.32. The number of hydrogen-bond donors (Lipinski definition) is 0. The van der Waals surface area contributed by atoms with Crippen LogP contribution in [0.25, 0.3) is 11.3 Å². The molecule has 4 heteroatoms. The predicted molar refractivity (Wildman–Crippen MR) is 134 cm³/mol. The van der Waals surface area contributed by atoms with E-state index in [-0.39, 0.29) is 0 Å². The summed E-state index contributed by atoms with van der Waals surface area (Å²) in [7, 11) is 1.02. The summed E-state index contributed by atoms with van der Waals surface area (Å²) in [5, 5.41) is 0.811. The van der Waals surface area contributed by atoms with E-state index >= 15 is 0 Å². The second-order valence-corrected chi connectivity index (χ2v) is 14.7. The van der Waals surface area contributed by atoms with E-state index in [1.54, 1.807) is 14.2 Å². The first-order valence-electron chi connectivity index (χ1n) is 11.0. The third kappa shape index (κ3) is 4.71. The number of carbonyl (C=O) groups excluding carboxylic acids is 1. The molecule has 166 valence electrons. The lowest BCUT2D eigenvalue weighted by Crippen LogP contribution is -2.47. The minimum atomic E-state index is -2.30. The Labute approximate surface area is 188 Å². The van der Waals surface area contributed by atoms with E-state index in [1.807, 2.05) is 42.5 Å². The molecule has 0 saturated carbocycles. The van der Waals surface area contributed by atoms with Crippen LogP contribution in [0.3, 0.4) is 0 Å². The van der Waals surface area contributed by atoms with Crippen LogP contribution in [0.5, 0.6) is 5.75 Å². The minimum absolute atomic E-state index is 0.372. The Morgan fingerprint density at radius 1 is 0.774 bits per heavy atom. The third-order valence-electron chi connectivity index (χ3n) is 6.50. The zero-order valence-electron chi connectivity index (χ0n) is 20.2. The van der Waals surface area contributed by atoms with Gasteiger partial charge in [0.2, 0.25) is 0 Å². The van der Waals surface area contributed by atoms with Crippen LogP contribution in [0, 0.1) is 0 Å². The second kappa shape index (κ2) is 10.7. The molecule has 0 N–H and O–H groups in total. The molecule has 0 aliphatic rings. The van der Waals surface area contributed by atoms with Gasteiger partial charge in [0, 0.05) is 16.3 Å². The lowest BCUT2D eigenvalue weighted by Gasteiger charge is -2.44. The Kier molecular flexibility index (Phi) is 8.49. The van der Waals surface area contributed by atoms with Crippen molar-refractivity contribution in [1.82, 2.24) is 0 Å². The maximum Gasteiger partial charge on any atom is 0.134 e. The Morgan fingerprint density at radius 2 is 1.29 bits per heavy atom. The molecule has 0 saturated heterocycles. The van der Waals surface area contributed by atoms with Gasteiger partial charge in [-0.1, -0.05) is 71.9 Å². The first kappa shape index (κ1) is 24.7. The van der Waals surface area contributed by atoms with Crippen LogP contribution in [-0.2, 0) is 9.53 Å². The molecule has 0 aromatic heterocycles. The monoisotopic (exact) mass is 436 g/mol. The van der Waals surface area contributed by atoms with Crippen molar-refractivity contribution in [2.45, 2.75) is 58.2 Å². The van der Waals surface area contributed by atoms with E-state index in [0.29, 0.717) is 22.4 Å². The summed E-state index contributed by atoms with van der Waals surface area (Å²) in [5.41, 5.74) is 3.87. The van der Waals surface area contributed by atoms with Gasteiger partial charge in [0.05, 0.1) is 14.2 Å². The van der Waals surface area contributed by atoms with Gasteiger partial charge in [-0.15, -0.1) is 0 Å². The topological polar surface area (TPSA) is 35.5 Å². The Bertz CT molecular complexity index is 912. The molecular weight excluding hydrogens is 400 g/mol. The van der Waals surface area contributed by atoms with Gasteiger partial charge < -0.3 is 9.47 Å². The SMILES string of the molecule is CO/C(=C(\C(=C=O)[Si](C(C)C)(C(C)C)C(C)C)c1ccccc1)c1ccc(OC)cc1. The van der Waals surface area contributed by atoms with Crippen LogP contribution >= 0.6 is 0 Å². The number of allylic oxidation sites excluding steroid dienone is 2. The smallest absolute Gasteiger partial charge is 0.134 e. The van der Waals surface area contributed by atoms with Crippen molar-refractivity contribution >= 4 is 25.3 Å². The lowest BCUT2D eigenvalue weighted by molar-refractivity contribution is 0.371. The van der Waals surface area contributed by atoms with Gasteiger partial charge in [-0.25, -0.2) is 4.79 Å². The molecule has 0 atom stereocenters. The minimum Gasteiger partial charge on any atom is -0.497 e. The fourth-order valence-corrected chi connectivity index (χ4v) is 11.9. The second-order valence-electron chi connectivity index (χ2n) is 8.88. The van der Waals surface area contributed by atoms with Crippen molar-refractivity contribution in [2.24, 2.45) is 0 Å². The number of methoxy groups -OCH3 is 2. The van der Waals surface area contributed by atoms with E-state index in [9.17, 15) is 4.79 Å². The number of rotatable bonds is 9. The van der Waals surface area contributed by atoms with Gasteiger partial charge in [0.1, 0.15) is 25.5 Å². The van der Waals surface area contributed by atoms with E-state index in [0.717, 1.165) is 27.6 Å². The van der Waals surface area contributed by atoms with Crippen molar-refractivity contribution in [3.05, 3.63) is 70.9 Å². The van der Waals surface area contributed by atoms with Crippen LogP contribution in [0.4, 0.5) is 0 Å². The normalized spacial score (nSPS) is 12.6. The molecule has 0 bridgehead atoms. The highest BCUT2D eigenvalue weighted by Gasteiger charge is 2.49. The van der Waals surface area contributed by atoms with Crippen molar-refractivity contribution in [1.29, 1.82) is 0 Å². The molecular formula is C27H36O3Si. The molecule has 3 nitrogen and oxygen atoms in total. The molecule has 0 aliphatic carbocycles. The van der Waals surface area contributed by atoms with Crippen molar-refractivity contribution in [3.8, 4) is 5.75 Å². The van der Waals surface area contributed by atoms with E-state index in [4.69, 9.17) is 9.47 Å². The van der Waals surface area contributed by atoms with Gasteiger partial charge in [0.25, 0.3) is 0 Å². The Morgan fingerprint density at radius 3 is 1.68 bits per heavy atom. The molecule has 2 aromatic rings. The van der Waals surface area contributed by atoms with Gasteiger partial charge in [-0.2, -0.15) is 0 Å². The fraction of sp³-hybridized carbons (Fsp3) is 0.407. The molecule has 0 aliphatic heterocycles. The largest absolute Gasteiger partial charge is 0.497 e. The quantitative estimate of drug-likeness (QED) is 0.137. The third-order valence-corrected chi connectivity index (χ3v) is 13.4. The zero-order valence-corrected chi connectivity index (χ0v) is 21.2. The van der Waals surface area contributed by atoms with Crippen molar-refractivity contribution in [3.63, 3.8) is 0 Å². The number of ether oxygens (including phenoxy) is 2. The van der Waals surface area contributed by atoms with E-state index in [2.05, 4.69) is 59.6 Å². The summed E-state index contributed by atoms with van der Waals surface area (Å²) >= 11 is 0. The molecule has 2 rings (SSSR count). The summed E-state index contributed by atoms with van der Waals surface area (Å²) in [6, 6.07) is 17.9. The van der Waals surface area contributed by atoms with Gasteiger partial charge in [-0.3, -0.25) is 0 Å². The first-order chi connectivity index (χ1) is 14.7. The molecule has 0 heterocycles. The van der Waals surface area contributed by atoms with Crippen molar-refractivity contribution in [2.75, 3.05) is 14.2 Å². The van der Waals surface area contributed by atoms with E-state index < -0.39 is 8.07 Å². The molecule has 2 aromatic carbocycles. The van der Waals surface area contributed by atoms with Gasteiger partial charge in [-0.05, 0) is 46.5 Å². The maximum absolute atomic E-state index is 12.8. The molecule has 31 heavy (non-hydrogen) atoms. The van der Waals surface area contributed by atoms with Crippen LogP contribution in [-0.4, -0.2) is 28.2 Å². The summed E-state index contributed by atoms with van der Waals surface area (Å²) in [6.07, 6.45) is 0. The zero-order chi connectivity index (χ0) is 23.2. The number of hydrogen-bond acceptors (Lipinski definition) is 3. The van der Waals surface area contributed by atoms with Crippen LogP contribution in [0.2, 0.25) is 16.6 Å². The maximum atomic E-state index is 12.8. The Balaban J connectivity index is 2.96. The Hall–Kier alpha value is -2.55. The average Bonchev–Trinajstić information content (AvgIpc) is 2.76. The standard InChI is InChI=1S/C27H36O3Si/c1-19(2)31(20(3)4,21(5)6)25(18-28)26(22-12-10-9-11-13-22)27(30-8)23-14-16-24(29-7)17-15-23/h9-17,19-21H,1-8H3/b27-26-. The predicted octanol–water partition coefficient (Wildman–Crippen LogP) is 7.19. The average molecular weight is 437 g/mol. The van der Waals surface area contributed by atoms with Gasteiger partial charge >= 0.3 is 0 Å². The molecule has 0 amide bonds. The molecule has 0 spiro atoms. The lowest BCUT2D eigenvalue weighted by atomic mass is 10.0. The van der Waals surface area contributed by atoms with Crippen LogP contribution < -0.4 is 4.74 Å². The van der Waals surface area contributed by atoms with Crippen LogP contribution in [0.15, 0.2) is 59.8 Å². The highest BCUT2D eigenvalue weighted by molar-refractivity contribution is 6.93. The molecule has 0 fully saturated rings. The highest BCUT2D eigenvalue weighted by Crippen LogP contribution is 2.50.